The average molecular weight is 212 g/mol. The van der Waals surface area contributed by atoms with Crippen molar-refractivity contribution in [1.82, 2.24) is 9.97 Å². The van der Waals surface area contributed by atoms with E-state index in [9.17, 15) is 0 Å². The predicted molar refractivity (Wildman–Crippen MR) is 58.0 cm³/mol. The van der Waals surface area contributed by atoms with E-state index in [1.807, 2.05) is 13.8 Å². The fourth-order valence-corrected chi connectivity index (χ4v) is 1.85. The zero-order chi connectivity index (χ0) is 10.1. The zero-order valence-corrected chi connectivity index (χ0v) is 9.30. The van der Waals surface area contributed by atoms with Gasteiger partial charge in [0.1, 0.15) is 5.15 Å². The summed E-state index contributed by atoms with van der Waals surface area (Å²) < 4.78 is 0. The number of halogens is 1. The Labute approximate surface area is 89.1 Å². The smallest absolute Gasteiger partial charge is 0.226 e. The Morgan fingerprint density at radius 3 is 2.36 bits per heavy atom. The highest BCUT2D eigenvalue weighted by atomic mass is 35.5. The van der Waals surface area contributed by atoms with Gasteiger partial charge in [0.2, 0.25) is 5.95 Å². The molecule has 14 heavy (non-hydrogen) atoms. The van der Waals surface area contributed by atoms with Crippen molar-refractivity contribution in [2.45, 2.75) is 26.7 Å². The minimum atomic E-state index is 0.583. The van der Waals surface area contributed by atoms with E-state index in [-0.39, 0.29) is 0 Å². The Morgan fingerprint density at radius 2 is 1.79 bits per heavy atom. The lowest BCUT2D eigenvalue weighted by Gasteiger charge is -2.16. The molecule has 76 valence electrons. The van der Waals surface area contributed by atoms with Crippen molar-refractivity contribution in [2.24, 2.45) is 0 Å². The van der Waals surface area contributed by atoms with E-state index >= 15 is 0 Å². The first-order chi connectivity index (χ1) is 6.68. The summed E-state index contributed by atoms with van der Waals surface area (Å²) in [7, 11) is 0. The standard InChI is InChI=1S/C10H14ClN3/c1-7-8(2)12-10(13-9(7)11)14-5-3-4-6-14/h3-6H2,1-2H3. The summed E-state index contributed by atoms with van der Waals surface area (Å²) in [5.74, 6) is 0.788. The molecule has 0 amide bonds. The van der Waals surface area contributed by atoms with Gasteiger partial charge in [-0.1, -0.05) is 11.6 Å². The third-order valence-electron chi connectivity index (χ3n) is 2.71. The van der Waals surface area contributed by atoms with E-state index in [0.29, 0.717) is 5.15 Å². The monoisotopic (exact) mass is 211 g/mol. The van der Waals surface area contributed by atoms with Crippen molar-refractivity contribution in [1.29, 1.82) is 0 Å². The van der Waals surface area contributed by atoms with Gasteiger partial charge >= 0.3 is 0 Å². The fraction of sp³-hybridized carbons (Fsp3) is 0.600. The SMILES string of the molecule is Cc1nc(N2CCCC2)nc(Cl)c1C. The fourth-order valence-electron chi connectivity index (χ4n) is 1.64. The minimum absolute atomic E-state index is 0.583. The van der Waals surface area contributed by atoms with Crippen LogP contribution in [0.5, 0.6) is 0 Å². The van der Waals surface area contributed by atoms with Gasteiger partial charge in [-0.15, -0.1) is 0 Å². The Kier molecular flexibility index (Phi) is 2.59. The molecule has 1 aliphatic heterocycles. The van der Waals surface area contributed by atoms with Crippen LogP contribution >= 0.6 is 11.6 Å². The molecule has 0 spiro atoms. The van der Waals surface area contributed by atoms with E-state index in [4.69, 9.17) is 11.6 Å². The van der Waals surface area contributed by atoms with Gasteiger partial charge < -0.3 is 4.90 Å². The number of anilines is 1. The number of hydrogen-bond donors (Lipinski definition) is 0. The summed E-state index contributed by atoms with van der Waals surface area (Å²) in [6.45, 7) is 6.03. The van der Waals surface area contributed by atoms with Crippen LogP contribution in [-0.4, -0.2) is 23.1 Å². The highest BCUT2D eigenvalue weighted by molar-refractivity contribution is 6.30. The molecule has 1 aliphatic rings. The molecule has 1 fully saturated rings. The van der Waals surface area contributed by atoms with Crippen LogP contribution in [0, 0.1) is 13.8 Å². The summed E-state index contributed by atoms with van der Waals surface area (Å²) in [5.41, 5.74) is 1.96. The van der Waals surface area contributed by atoms with Crippen LogP contribution in [0.1, 0.15) is 24.1 Å². The van der Waals surface area contributed by atoms with Gasteiger partial charge in [0.25, 0.3) is 0 Å². The summed E-state index contributed by atoms with van der Waals surface area (Å²) in [4.78, 5) is 10.9. The Balaban J connectivity index is 2.34. The van der Waals surface area contributed by atoms with Crippen molar-refractivity contribution < 1.29 is 0 Å². The lowest BCUT2D eigenvalue weighted by molar-refractivity contribution is 0.883. The van der Waals surface area contributed by atoms with Gasteiger partial charge in [-0.3, -0.25) is 0 Å². The summed E-state index contributed by atoms with van der Waals surface area (Å²) >= 11 is 6.02. The number of rotatable bonds is 1. The topological polar surface area (TPSA) is 29.0 Å². The van der Waals surface area contributed by atoms with Crippen LogP contribution in [0.25, 0.3) is 0 Å². The molecule has 1 aromatic heterocycles. The highest BCUT2D eigenvalue weighted by Gasteiger charge is 2.16. The molecule has 3 nitrogen and oxygen atoms in total. The van der Waals surface area contributed by atoms with Crippen molar-refractivity contribution in [3.05, 3.63) is 16.4 Å². The molecular weight excluding hydrogens is 198 g/mol. The number of nitrogens with zero attached hydrogens (tertiary/aromatic N) is 3. The second kappa shape index (κ2) is 3.73. The second-order valence-electron chi connectivity index (χ2n) is 3.72. The van der Waals surface area contributed by atoms with E-state index in [0.717, 1.165) is 30.3 Å². The lowest BCUT2D eigenvalue weighted by Crippen LogP contribution is -2.21. The lowest BCUT2D eigenvalue weighted by atomic mass is 10.3. The highest BCUT2D eigenvalue weighted by Crippen LogP contribution is 2.21. The molecule has 0 unspecified atom stereocenters. The Bertz CT molecular complexity index is 322. The normalized spacial score (nSPS) is 16.4. The van der Waals surface area contributed by atoms with E-state index in [2.05, 4.69) is 14.9 Å². The van der Waals surface area contributed by atoms with Crippen molar-refractivity contribution in [2.75, 3.05) is 18.0 Å². The molecule has 0 radical (unpaired) electrons. The molecule has 0 bridgehead atoms. The Morgan fingerprint density at radius 1 is 1.14 bits per heavy atom. The average Bonchev–Trinajstić information content (AvgIpc) is 2.66. The Hall–Kier alpha value is -0.830. The molecule has 2 heterocycles. The molecule has 0 N–H and O–H groups in total. The van der Waals surface area contributed by atoms with E-state index in [1.165, 1.54) is 12.8 Å². The van der Waals surface area contributed by atoms with E-state index in [1.54, 1.807) is 0 Å². The maximum absolute atomic E-state index is 6.02. The van der Waals surface area contributed by atoms with Gasteiger partial charge in [0, 0.05) is 24.3 Å². The molecule has 0 aliphatic carbocycles. The first kappa shape index (κ1) is 9.71. The van der Waals surface area contributed by atoms with Crippen LogP contribution in [0.4, 0.5) is 5.95 Å². The van der Waals surface area contributed by atoms with Crippen LogP contribution in [0.15, 0.2) is 0 Å². The third-order valence-corrected chi connectivity index (χ3v) is 3.07. The van der Waals surface area contributed by atoms with Crippen LogP contribution in [0.2, 0.25) is 5.15 Å². The first-order valence-electron chi connectivity index (χ1n) is 4.94. The van der Waals surface area contributed by atoms with Crippen LogP contribution in [-0.2, 0) is 0 Å². The first-order valence-corrected chi connectivity index (χ1v) is 5.32. The van der Waals surface area contributed by atoms with Gasteiger partial charge in [0.15, 0.2) is 0 Å². The summed E-state index contributed by atoms with van der Waals surface area (Å²) in [5, 5.41) is 0.583. The van der Waals surface area contributed by atoms with Crippen molar-refractivity contribution >= 4 is 17.5 Å². The molecule has 0 aromatic carbocycles. The predicted octanol–water partition coefficient (Wildman–Crippen LogP) is 2.35. The quantitative estimate of drug-likeness (QED) is 0.668. The van der Waals surface area contributed by atoms with Gasteiger partial charge in [-0.25, -0.2) is 9.97 Å². The van der Waals surface area contributed by atoms with Crippen molar-refractivity contribution in [3.63, 3.8) is 0 Å². The number of aryl methyl sites for hydroxylation is 1. The molecule has 4 heteroatoms. The zero-order valence-electron chi connectivity index (χ0n) is 8.55. The molecule has 2 rings (SSSR count). The summed E-state index contributed by atoms with van der Waals surface area (Å²) in [6.07, 6.45) is 2.46. The van der Waals surface area contributed by atoms with Gasteiger partial charge in [-0.05, 0) is 26.7 Å². The maximum atomic E-state index is 6.02. The van der Waals surface area contributed by atoms with Gasteiger partial charge in [-0.2, -0.15) is 0 Å². The van der Waals surface area contributed by atoms with Gasteiger partial charge in [0.05, 0.1) is 0 Å². The van der Waals surface area contributed by atoms with Crippen LogP contribution < -0.4 is 4.90 Å². The maximum Gasteiger partial charge on any atom is 0.226 e. The number of hydrogen-bond acceptors (Lipinski definition) is 3. The third kappa shape index (κ3) is 1.69. The molecular formula is C10H14ClN3. The molecule has 0 atom stereocenters. The molecule has 1 saturated heterocycles. The van der Waals surface area contributed by atoms with E-state index < -0.39 is 0 Å². The van der Waals surface area contributed by atoms with Crippen LogP contribution in [0.3, 0.4) is 0 Å². The van der Waals surface area contributed by atoms with Crippen molar-refractivity contribution in [3.8, 4) is 0 Å². The summed E-state index contributed by atoms with van der Waals surface area (Å²) in [6, 6.07) is 0. The molecule has 0 saturated carbocycles. The molecule has 1 aromatic rings. The number of aromatic nitrogens is 2. The minimum Gasteiger partial charge on any atom is -0.341 e. The second-order valence-corrected chi connectivity index (χ2v) is 4.08. The largest absolute Gasteiger partial charge is 0.341 e.